The highest BCUT2D eigenvalue weighted by atomic mass is 32.2. The van der Waals surface area contributed by atoms with E-state index in [4.69, 9.17) is 5.14 Å². The van der Waals surface area contributed by atoms with Gasteiger partial charge in [0.2, 0.25) is 5.91 Å². The van der Waals surface area contributed by atoms with Gasteiger partial charge in [-0.15, -0.1) is 0 Å². The maximum atomic E-state index is 11.4. The first-order chi connectivity index (χ1) is 10.8. The van der Waals surface area contributed by atoms with Gasteiger partial charge in [-0.1, -0.05) is 12.1 Å². The number of benzene rings is 1. The van der Waals surface area contributed by atoms with E-state index in [2.05, 4.69) is 9.88 Å². The Labute approximate surface area is 135 Å². The molecule has 1 aromatic heterocycles. The summed E-state index contributed by atoms with van der Waals surface area (Å²) < 4.78 is 22.8. The molecule has 1 saturated heterocycles. The molecule has 8 heteroatoms. The Morgan fingerprint density at radius 2 is 1.91 bits per heavy atom. The number of fused-ring (bicyclic) bond motifs is 1. The molecule has 124 valence electrons. The highest BCUT2D eigenvalue weighted by molar-refractivity contribution is 7.89. The maximum Gasteiger partial charge on any atom is 0.253 e. The first-order valence-corrected chi connectivity index (χ1v) is 9.00. The van der Waals surface area contributed by atoms with Crippen molar-refractivity contribution in [3.8, 4) is 0 Å². The Hall–Kier alpha value is -1.90. The van der Waals surface area contributed by atoms with Crippen LogP contribution < -0.4 is 5.14 Å². The van der Waals surface area contributed by atoms with E-state index in [1.54, 1.807) is 13.0 Å². The van der Waals surface area contributed by atoms with E-state index < -0.39 is 10.0 Å². The molecule has 1 aliphatic heterocycles. The second-order valence-electron chi connectivity index (χ2n) is 5.88. The van der Waals surface area contributed by atoms with Gasteiger partial charge < -0.3 is 9.88 Å². The highest BCUT2D eigenvalue weighted by Gasteiger charge is 2.19. The predicted molar refractivity (Wildman–Crippen MR) is 87.2 cm³/mol. The van der Waals surface area contributed by atoms with E-state index in [1.165, 1.54) is 0 Å². The number of amides is 1. The van der Waals surface area contributed by atoms with Gasteiger partial charge in [0.15, 0.2) is 0 Å². The molecule has 3 rings (SSSR count). The molecule has 1 amide bonds. The van der Waals surface area contributed by atoms with Crippen LogP contribution in [-0.2, 0) is 21.4 Å². The number of nitrogens with one attached hydrogen (secondary N) is 1. The number of nitrogens with two attached hydrogens (primary N) is 1. The number of aromatic nitrogens is 1. The fourth-order valence-electron chi connectivity index (χ4n) is 2.88. The summed E-state index contributed by atoms with van der Waals surface area (Å²) in [6.07, 6.45) is 0. The zero-order chi connectivity index (χ0) is 16.6. The van der Waals surface area contributed by atoms with Crippen molar-refractivity contribution in [2.45, 2.75) is 18.5 Å². The minimum absolute atomic E-state index is 0.0275. The fourth-order valence-corrected chi connectivity index (χ4v) is 3.42. The number of piperazine rings is 1. The van der Waals surface area contributed by atoms with Crippen molar-refractivity contribution >= 4 is 26.8 Å². The van der Waals surface area contributed by atoms with Gasteiger partial charge in [-0.25, -0.2) is 13.6 Å². The summed E-state index contributed by atoms with van der Waals surface area (Å²) >= 11 is 0. The molecule has 1 fully saturated rings. The summed E-state index contributed by atoms with van der Waals surface area (Å²) in [6, 6.07) is 7.36. The van der Waals surface area contributed by atoms with Crippen molar-refractivity contribution in [3.63, 3.8) is 0 Å². The first-order valence-electron chi connectivity index (χ1n) is 7.45. The second-order valence-corrected chi connectivity index (χ2v) is 7.41. The van der Waals surface area contributed by atoms with E-state index in [1.807, 2.05) is 23.1 Å². The number of H-pyrrole nitrogens is 1. The quantitative estimate of drug-likeness (QED) is 0.851. The lowest BCUT2D eigenvalue weighted by atomic mass is 10.1. The van der Waals surface area contributed by atoms with Gasteiger partial charge in [0, 0.05) is 50.6 Å². The Morgan fingerprint density at radius 3 is 2.52 bits per heavy atom. The fraction of sp³-hybridized carbons (Fsp3) is 0.400. The number of primary sulfonamides is 1. The van der Waals surface area contributed by atoms with Gasteiger partial charge in [-0.3, -0.25) is 9.69 Å². The molecule has 1 aromatic carbocycles. The summed E-state index contributed by atoms with van der Waals surface area (Å²) in [7, 11) is -3.72. The lowest BCUT2D eigenvalue weighted by Gasteiger charge is -2.34. The number of hydrogen-bond donors (Lipinski definition) is 2. The molecule has 23 heavy (non-hydrogen) atoms. The minimum Gasteiger partial charge on any atom is -0.345 e. The van der Waals surface area contributed by atoms with Crippen LogP contribution in [0, 0.1) is 0 Å². The van der Waals surface area contributed by atoms with Crippen molar-refractivity contribution in [1.29, 1.82) is 0 Å². The molecule has 2 aromatic rings. The number of nitrogens with zero attached hydrogens (tertiary/aromatic N) is 2. The van der Waals surface area contributed by atoms with Crippen LogP contribution in [0.3, 0.4) is 0 Å². The Bertz CT molecular complexity index is 836. The van der Waals surface area contributed by atoms with E-state index in [0.29, 0.717) is 0 Å². The summed E-state index contributed by atoms with van der Waals surface area (Å²) in [5.74, 6) is 0.118. The molecule has 3 N–H and O–H groups in total. The summed E-state index contributed by atoms with van der Waals surface area (Å²) in [4.78, 5) is 18.3. The van der Waals surface area contributed by atoms with Gasteiger partial charge in [-0.05, 0) is 17.7 Å². The van der Waals surface area contributed by atoms with Crippen LogP contribution in [0.1, 0.15) is 12.5 Å². The molecule has 0 spiro atoms. The van der Waals surface area contributed by atoms with Gasteiger partial charge in [0.25, 0.3) is 10.0 Å². The molecular weight excluding hydrogens is 316 g/mol. The molecule has 0 atom stereocenters. The summed E-state index contributed by atoms with van der Waals surface area (Å²) in [5.41, 5.74) is 1.85. The van der Waals surface area contributed by atoms with Crippen molar-refractivity contribution in [2.24, 2.45) is 5.14 Å². The van der Waals surface area contributed by atoms with Crippen LogP contribution in [0.5, 0.6) is 0 Å². The second kappa shape index (κ2) is 5.95. The zero-order valence-corrected chi connectivity index (χ0v) is 13.8. The minimum atomic E-state index is -3.72. The van der Waals surface area contributed by atoms with E-state index >= 15 is 0 Å². The molecule has 0 unspecified atom stereocenters. The lowest BCUT2D eigenvalue weighted by molar-refractivity contribution is -0.130. The molecule has 0 aliphatic carbocycles. The van der Waals surface area contributed by atoms with E-state index in [-0.39, 0.29) is 10.9 Å². The number of rotatable bonds is 3. The average molecular weight is 336 g/mol. The molecular formula is C15H20N4O3S. The number of hydrogen-bond acceptors (Lipinski definition) is 4. The van der Waals surface area contributed by atoms with E-state index in [9.17, 15) is 13.2 Å². The standard InChI is InChI=1S/C15H20N4O3S/c1-11(20)19-6-4-18(5-7-19)10-12-2-3-13-9-15(23(16,21)22)17-14(13)8-12/h2-3,8-9,17H,4-7,10H2,1H3,(H2,16,21,22). The van der Waals surface area contributed by atoms with Crippen molar-refractivity contribution in [1.82, 2.24) is 14.8 Å². The SMILES string of the molecule is CC(=O)N1CCN(Cc2ccc3cc(S(N)(=O)=O)[nH]c3c2)CC1. The molecule has 0 bridgehead atoms. The predicted octanol–water partition coefficient (Wildman–Crippen LogP) is 0.479. The van der Waals surface area contributed by atoms with Crippen molar-refractivity contribution in [3.05, 3.63) is 29.8 Å². The summed E-state index contributed by atoms with van der Waals surface area (Å²) in [5, 5.41) is 5.99. The first kappa shape index (κ1) is 16.0. The van der Waals surface area contributed by atoms with Crippen molar-refractivity contribution < 1.29 is 13.2 Å². The Balaban J connectivity index is 1.73. The van der Waals surface area contributed by atoms with Gasteiger partial charge in [0.05, 0.1) is 0 Å². The number of sulfonamides is 1. The Kier molecular flexibility index (Phi) is 4.13. The van der Waals surface area contributed by atoms with Crippen molar-refractivity contribution in [2.75, 3.05) is 26.2 Å². The maximum absolute atomic E-state index is 11.4. The normalized spacial score (nSPS) is 16.9. The van der Waals surface area contributed by atoms with Crippen LogP contribution in [0.4, 0.5) is 0 Å². The van der Waals surface area contributed by atoms with Gasteiger partial charge >= 0.3 is 0 Å². The van der Waals surface area contributed by atoms with Crippen LogP contribution in [0.25, 0.3) is 10.9 Å². The molecule has 0 radical (unpaired) electrons. The third kappa shape index (κ3) is 3.54. The highest BCUT2D eigenvalue weighted by Crippen LogP contribution is 2.20. The zero-order valence-electron chi connectivity index (χ0n) is 12.9. The average Bonchev–Trinajstić information content (AvgIpc) is 2.91. The topological polar surface area (TPSA) is 99.5 Å². The molecule has 0 saturated carbocycles. The lowest BCUT2D eigenvalue weighted by Crippen LogP contribution is -2.47. The third-order valence-electron chi connectivity index (χ3n) is 4.19. The molecule has 2 heterocycles. The number of carbonyl (C=O) groups is 1. The van der Waals surface area contributed by atoms with Crippen LogP contribution >= 0.6 is 0 Å². The number of carbonyl (C=O) groups excluding carboxylic acids is 1. The largest absolute Gasteiger partial charge is 0.345 e. The van der Waals surface area contributed by atoms with Crippen LogP contribution in [0.15, 0.2) is 29.3 Å². The molecule has 1 aliphatic rings. The summed E-state index contributed by atoms with van der Waals surface area (Å²) in [6.45, 7) is 5.53. The van der Waals surface area contributed by atoms with E-state index in [0.717, 1.165) is 49.2 Å². The third-order valence-corrected chi connectivity index (χ3v) is 5.03. The number of aromatic amines is 1. The van der Waals surface area contributed by atoms with Crippen LogP contribution in [-0.4, -0.2) is 55.3 Å². The monoisotopic (exact) mass is 336 g/mol. The van der Waals surface area contributed by atoms with Crippen LogP contribution in [0.2, 0.25) is 0 Å². The van der Waals surface area contributed by atoms with Gasteiger partial charge in [0.1, 0.15) is 5.03 Å². The Morgan fingerprint density at radius 1 is 1.22 bits per heavy atom. The molecule has 7 nitrogen and oxygen atoms in total. The van der Waals surface area contributed by atoms with Gasteiger partial charge in [-0.2, -0.15) is 0 Å². The smallest absolute Gasteiger partial charge is 0.253 e.